The molecule has 0 saturated carbocycles. The first-order valence-electron chi connectivity index (χ1n) is 11.7. The van der Waals surface area contributed by atoms with Gasteiger partial charge in [0.1, 0.15) is 5.82 Å². The molecule has 1 fully saturated rings. The number of nitrogens with zero attached hydrogens (tertiary/aromatic N) is 4. The zero-order chi connectivity index (χ0) is 24.4. The van der Waals surface area contributed by atoms with Crippen molar-refractivity contribution in [2.45, 2.75) is 26.2 Å². The molecule has 3 aromatic rings. The molecule has 0 unspecified atom stereocenters. The first kappa shape index (κ1) is 22.7. The largest absolute Gasteiger partial charge is 0.493 e. The predicted octanol–water partition coefficient (Wildman–Crippen LogP) is 4.53. The Bertz CT molecular complexity index is 1300. The topological polar surface area (TPSA) is 78.2 Å². The van der Waals surface area contributed by atoms with E-state index in [0.717, 1.165) is 48.7 Å². The molecule has 2 aromatic carbocycles. The summed E-state index contributed by atoms with van der Waals surface area (Å²) in [4.78, 5) is 19.7. The van der Waals surface area contributed by atoms with Gasteiger partial charge in [-0.05, 0) is 62.6 Å². The van der Waals surface area contributed by atoms with Crippen molar-refractivity contribution in [3.63, 3.8) is 0 Å². The number of benzene rings is 2. The highest BCUT2D eigenvalue weighted by molar-refractivity contribution is 6.13. The molecule has 180 valence electrons. The Morgan fingerprint density at radius 3 is 2.43 bits per heavy atom. The maximum atomic E-state index is 12.8. The molecule has 8 heteroatoms. The second-order valence-electron chi connectivity index (χ2n) is 8.52. The molecule has 5 rings (SSSR count). The van der Waals surface area contributed by atoms with Crippen LogP contribution in [0.3, 0.4) is 0 Å². The number of para-hydroxylation sites is 1. The van der Waals surface area contributed by atoms with Crippen molar-refractivity contribution in [3.05, 3.63) is 71.0 Å². The van der Waals surface area contributed by atoms with Crippen LogP contribution in [-0.2, 0) is 9.53 Å². The van der Waals surface area contributed by atoms with Crippen molar-refractivity contribution in [1.82, 2.24) is 9.78 Å². The number of aryl methyl sites for hydroxylation is 1. The van der Waals surface area contributed by atoms with Crippen LogP contribution < -0.4 is 14.4 Å². The second kappa shape index (κ2) is 9.66. The highest BCUT2D eigenvalue weighted by atomic mass is 16.6. The number of carbonyl (C=O) groups is 1. The Kier molecular flexibility index (Phi) is 6.27. The lowest BCUT2D eigenvalue weighted by Crippen LogP contribution is -2.31. The lowest BCUT2D eigenvalue weighted by molar-refractivity contribution is -0.129. The maximum absolute atomic E-state index is 12.8. The molecule has 0 amide bonds. The second-order valence-corrected chi connectivity index (χ2v) is 8.52. The van der Waals surface area contributed by atoms with Gasteiger partial charge in [0, 0.05) is 24.2 Å². The number of esters is 1. The van der Waals surface area contributed by atoms with Crippen molar-refractivity contribution >= 4 is 23.8 Å². The summed E-state index contributed by atoms with van der Waals surface area (Å²) in [5.41, 5.74) is 3.55. The van der Waals surface area contributed by atoms with Crippen molar-refractivity contribution in [3.8, 4) is 17.2 Å². The third kappa shape index (κ3) is 4.39. The van der Waals surface area contributed by atoms with E-state index in [-0.39, 0.29) is 11.6 Å². The summed E-state index contributed by atoms with van der Waals surface area (Å²) < 4.78 is 18.2. The van der Waals surface area contributed by atoms with Gasteiger partial charge >= 0.3 is 5.97 Å². The minimum absolute atomic E-state index is 0.231. The molecular formula is C27H28N4O4. The van der Waals surface area contributed by atoms with Gasteiger partial charge in [0.25, 0.3) is 0 Å². The quantitative estimate of drug-likeness (QED) is 0.387. The number of piperidine rings is 1. The number of rotatable bonds is 6. The van der Waals surface area contributed by atoms with Crippen LogP contribution in [0, 0.1) is 6.92 Å². The predicted molar refractivity (Wildman–Crippen MR) is 135 cm³/mol. The minimum Gasteiger partial charge on any atom is -0.493 e. The van der Waals surface area contributed by atoms with Crippen LogP contribution in [0.1, 0.15) is 36.1 Å². The minimum atomic E-state index is -0.494. The monoisotopic (exact) mass is 472 g/mol. The molecule has 2 aliphatic rings. The fourth-order valence-electron chi connectivity index (χ4n) is 4.49. The number of aromatic nitrogens is 2. The molecule has 35 heavy (non-hydrogen) atoms. The molecule has 8 nitrogen and oxygen atoms in total. The molecule has 3 heterocycles. The molecule has 2 aliphatic heterocycles. The summed E-state index contributed by atoms with van der Waals surface area (Å²) in [7, 11) is 3.13. The Labute approximate surface area is 204 Å². The molecule has 0 N–H and O–H groups in total. The average Bonchev–Trinajstić information content (AvgIpc) is 3.44. The number of aliphatic imine (C=N–C) groups is 1. The summed E-state index contributed by atoms with van der Waals surface area (Å²) in [6.07, 6.45) is 5.26. The highest BCUT2D eigenvalue weighted by Gasteiger charge is 2.28. The van der Waals surface area contributed by atoms with Crippen LogP contribution in [0.15, 0.2) is 59.2 Å². The highest BCUT2D eigenvalue weighted by Crippen LogP contribution is 2.33. The summed E-state index contributed by atoms with van der Waals surface area (Å²) in [5.74, 6) is 1.84. The zero-order valence-corrected chi connectivity index (χ0v) is 20.2. The SMILES string of the molecule is COc1ccc(C2=NC(=Cc3c(C)nn(-c4ccccc4)c3N3CCCCC3)C(=O)O2)cc1OC. The van der Waals surface area contributed by atoms with Crippen molar-refractivity contribution < 1.29 is 19.0 Å². The lowest BCUT2D eigenvalue weighted by Gasteiger charge is -2.29. The van der Waals surface area contributed by atoms with Crippen LogP contribution in [0.5, 0.6) is 11.5 Å². The van der Waals surface area contributed by atoms with E-state index in [1.165, 1.54) is 6.42 Å². The van der Waals surface area contributed by atoms with Crippen LogP contribution >= 0.6 is 0 Å². The van der Waals surface area contributed by atoms with Gasteiger partial charge < -0.3 is 19.1 Å². The Morgan fingerprint density at radius 1 is 0.971 bits per heavy atom. The Balaban J connectivity index is 1.58. The van der Waals surface area contributed by atoms with Crippen LogP contribution in [0.4, 0.5) is 5.82 Å². The van der Waals surface area contributed by atoms with Gasteiger partial charge in [-0.2, -0.15) is 5.10 Å². The van der Waals surface area contributed by atoms with Gasteiger partial charge in [0.15, 0.2) is 17.2 Å². The smallest absolute Gasteiger partial charge is 0.363 e. The van der Waals surface area contributed by atoms with Gasteiger partial charge in [-0.3, -0.25) is 0 Å². The molecule has 0 bridgehead atoms. The number of hydrogen-bond acceptors (Lipinski definition) is 7. The summed E-state index contributed by atoms with van der Waals surface area (Å²) >= 11 is 0. The Morgan fingerprint density at radius 2 is 1.71 bits per heavy atom. The van der Waals surface area contributed by atoms with Crippen molar-refractivity contribution in [2.75, 3.05) is 32.2 Å². The van der Waals surface area contributed by atoms with Gasteiger partial charge in [0.2, 0.25) is 5.90 Å². The van der Waals surface area contributed by atoms with Gasteiger partial charge in [0.05, 0.1) is 25.6 Å². The normalized spacial score (nSPS) is 16.9. The van der Waals surface area contributed by atoms with E-state index in [1.54, 1.807) is 38.5 Å². The standard InChI is InChI=1S/C27H28N4O4/c1-18-21(26(30-14-8-5-9-15-30)31(29-18)20-10-6-4-7-11-20)17-22-27(32)35-25(28-22)19-12-13-23(33-2)24(16-19)34-3/h4,6-7,10-13,16-17H,5,8-9,14-15H2,1-3H3. The van der Waals surface area contributed by atoms with E-state index in [2.05, 4.69) is 9.89 Å². The fraction of sp³-hybridized carbons (Fsp3) is 0.296. The van der Waals surface area contributed by atoms with E-state index >= 15 is 0 Å². The van der Waals surface area contributed by atoms with E-state index < -0.39 is 5.97 Å². The molecule has 1 aromatic heterocycles. The Hall–Kier alpha value is -4.07. The molecule has 0 radical (unpaired) electrons. The van der Waals surface area contributed by atoms with Crippen molar-refractivity contribution in [1.29, 1.82) is 0 Å². The van der Waals surface area contributed by atoms with Gasteiger partial charge in [-0.1, -0.05) is 18.2 Å². The van der Waals surface area contributed by atoms with E-state index in [9.17, 15) is 4.79 Å². The first-order chi connectivity index (χ1) is 17.1. The first-order valence-corrected chi connectivity index (χ1v) is 11.7. The number of anilines is 1. The van der Waals surface area contributed by atoms with Gasteiger partial charge in [-0.25, -0.2) is 14.5 Å². The molecule has 0 aliphatic carbocycles. The summed E-state index contributed by atoms with van der Waals surface area (Å²) in [6, 6.07) is 15.3. The number of ether oxygens (including phenoxy) is 3. The number of carbonyl (C=O) groups excluding carboxylic acids is 1. The third-order valence-corrected chi connectivity index (χ3v) is 6.27. The maximum Gasteiger partial charge on any atom is 0.363 e. The average molecular weight is 473 g/mol. The lowest BCUT2D eigenvalue weighted by atomic mass is 10.1. The molecule has 0 spiro atoms. The number of methoxy groups -OCH3 is 2. The summed E-state index contributed by atoms with van der Waals surface area (Å²) in [5, 5.41) is 4.84. The summed E-state index contributed by atoms with van der Waals surface area (Å²) in [6.45, 7) is 3.84. The fourth-order valence-corrected chi connectivity index (χ4v) is 4.49. The van der Waals surface area contributed by atoms with Gasteiger partial charge in [-0.15, -0.1) is 0 Å². The number of cyclic esters (lactones) is 1. The molecular weight excluding hydrogens is 444 g/mol. The van der Waals surface area contributed by atoms with Crippen LogP contribution in [-0.4, -0.2) is 49.0 Å². The molecule has 1 saturated heterocycles. The van der Waals surface area contributed by atoms with Crippen LogP contribution in [0.25, 0.3) is 11.8 Å². The number of hydrogen-bond donors (Lipinski definition) is 0. The molecule has 0 atom stereocenters. The van der Waals surface area contributed by atoms with Crippen LogP contribution in [0.2, 0.25) is 0 Å². The van der Waals surface area contributed by atoms with E-state index in [1.807, 2.05) is 41.9 Å². The van der Waals surface area contributed by atoms with E-state index in [4.69, 9.17) is 19.3 Å². The third-order valence-electron chi connectivity index (χ3n) is 6.27. The van der Waals surface area contributed by atoms with Crippen molar-refractivity contribution in [2.24, 2.45) is 4.99 Å². The van der Waals surface area contributed by atoms with E-state index in [0.29, 0.717) is 17.1 Å². The zero-order valence-electron chi connectivity index (χ0n) is 20.2.